The molecule has 0 aliphatic rings. The number of carbonyl (C=O) groups is 1. The van der Waals surface area contributed by atoms with E-state index in [0.717, 1.165) is 25.8 Å². The zero-order chi connectivity index (χ0) is 12.5. The molecule has 0 unspecified atom stereocenters. The van der Waals surface area contributed by atoms with E-state index < -0.39 is 0 Å². The Labute approximate surface area is 106 Å². The van der Waals surface area contributed by atoms with E-state index in [0.29, 0.717) is 17.3 Å². The van der Waals surface area contributed by atoms with Gasteiger partial charge in [0.2, 0.25) is 0 Å². The van der Waals surface area contributed by atoms with Crippen LogP contribution in [0.2, 0.25) is 5.02 Å². The Morgan fingerprint density at radius 1 is 1.47 bits per heavy atom. The number of carbonyl (C=O) groups excluding carboxylic acids is 1. The molecule has 17 heavy (non-hydrogen) atoms. The molecule has 94 valence electrons. The maximum absolute atomic E-state index is 10.8. The molecule has 0 aliphatic heterocycles. The highest BCUT2D eigenvalue weighted by Crippen LogP contribution is 2.15. The normalized spacial score (nSPS) is 10.0. The van der Waals surface area contributed by atoms with Crippen molar-refractivity contribution in [3.05, 3.63) is 17.5 Å². The molecule has 0 saturated carbocycles. The van der Waals surface area contributed by atoms with Crippen LogP contribution >= 0.6 is 11.6 Å². The van der Waals surface area contributed by atoms with Gasteiger partial charge in [-0.2, -0.15) is 0 Å². The first-order chi connectivity index (χ1) is 8.24. The van der Waals surface area contributed by atoms with Gasteiger partial charge in [-0.1, -0.05) is 18.0 Å². The third kappa shape index (κ3) is 5.49. The molecule has 5 nitrogen and oxygen atoms in total. The summed E-state index contributed by atoms with van der Waals surface area (Å²) in [7, 11) is 1.40. The number of esters is 1. The van der Waals surface area contributed by atoms with Gasteiger partial charge in [-0.25, -0.2) is 9.97 Å². The Balaban J connectivity index is 2.09. The van der Waals surface area contributed by atoms with Crippen LogP contribution in [0.3, 0.4) is 0 Å². The summed E-state index contributed by atoms with van der Waals surface area (Å²) in [6.45, 7) is 0.776. The summed E-state index contributed by atoms with van der Waals surface area (Å²) in [4.78, 5) is 18.6. The summed E-state index contributed by atoms with van der Waals surface area (Å²) in [6, 6.07) is 0. The van der Waals surface area contributed by atoms with E-state index in [1.165, 1.54) is 13.4 Å². The van der Waals surface area contributed by atoms with Crippen LogP contribution in [-0.2, 0) is 9.53 Å². The average Bonchev–Trinajstić information content (AvgIpc) is 2.35. The monoisotopic (exact) mass is 257 g/mol. The zero-order valence-corrected chi connectivity index (χ0v) is 10.5. The maximum Gasteiger partial charge on any atom is 0.305 e. The summed E-state index contributed by atoms with van der Waals surface area (Å²) in [5, 5.41) is 3.63. The van der Waals surface area contributed by atoms with Crippen molar-refractivity contribution < 1.29 is 9.53 Å². The van der Waals surface area contributed by atoms with Crippen LogP contribution in [0, 0.1) is 0 Å². The standard InChI is InChI=1S/C11H16ClN3O2/c1-17-10(16)5-3-2-4-6-14-11-9(12)7-13-8-15-11/h7-8H,2-6H2,1H3,(H,13,14,15). The number of ether oxygens (including phenoxy) is 1. The summed E-state index contributed by atoms with van der Waals surface area (Å²) in [5.74, 6) is 0.492. The number of nitrogens with one attached hydrogen (secondary N) is 1. The second-order valence-corrected chi connectivity index (χ2v) is 3.94. The number of nitrogens with zero attached hydrogens (tertiary/aromatic N) is 2. The molecule has 1 aromatic heterocycles. The van der Waals surface area contributed by atoms with E-state index in [1.54, 1.807) is 6.20 Å². The van der Waals surface area contributed by atoms with E-state index >= 15 is 0 Å². The Bertz CT molecular complexity index is 360. The lowest BCUT2D eigenvalue weighted by Gasteiger charge is -2.06. The minimum absolute atomic E-state index is 0.156. The molecular formula is C11H16ClN3O2. The third-order valence-electron chi connectivity index (χ3n) is 2.25. The first-order valence-corrected chi connectivity index (χ1v) is 5.88. The van der Waals surface area contributed by atoms with Gasteiger partial charge < -0.3 is 10.1 Å². The molecule has 1 rings (SSSR count). The quantitative estimate of drug-likeness (QED) is 0.600. The predicted molar refractivity (Wildman–Crippen MR) is 66.0 cm³/mol. The summed E-state index contributed by atoms with van der Waals surface area (Å²) in [5.41, 5.74) is 0. The molecule has 1 heterocycles. The van der Waals surface area contributed by atoms with Crippen molar-refractivity contribution in [2.24, 2.45) is 0 Å². The van der Waals surface area contributed by atoms with Crippen molar-refractivity contribution >= 4 is 23.4 Å². The van der Waals surface area contributed by atoms with Gasteiger partial charge >= 0.3 is 5.97 Å². The van der Waals surface area contributed by atoms with Crippen LogP contribution in [-0.4, -0.2) is 29.6 Å². The number of halogens is 1. The van der Waals surface area contributed by atoms with E-state index in [1.807, 2.05) is 0 Å². The molecule has 0 aliphatic carbocycles. The molecule has 0 amide bonds. The van der Waals surface area contributed by atoms with E-state index in [4.69, 9.17) is 11.6 Å². The molecule has 0 bridgehead atoms. The maximum atomic E-state index is 10.8. The van der Waals surface area contributed by atoms with Gasteiger partial charge in [0.05, 0.1) is 13.3 Å². The van der Waals surface area contributed by atoms with Gasteiger partial charge in [0.15, 0.2) is 0 Å². The lowest BCUT2D eigenvalue weighted by atomic mass is 10.2. The lowest BCUT2D eigenvalue weighted by Crippen LogP contribution is -2.05. The first kappa shape index (κ1) is 13.7. The fraction of sp³-hybridized carbons (Fsp3) is 0.545. The SMILES string of the molecule is COC(=O)CCCCCNc1ncncc1Cl. The fourth-order valence-electron chi connectivity index (χ4n) is 1.32. The van der Waals surface area contributed by atoms with Gasteiger partial charge in [-0.05, 0) is 12.8 Å². The van der Waals surface area contributed by atoms with Crippen molar-refractivity contribution in [2.45, 2.75) is 25.7 Å². The number of rotatable bonds is 7. The van der Waals surface area contributed by atoms with Crippen LogP contribution in [0.4, 0.5) is 5.82 Å². The van der Waals surface area contributed by atoms with Crippen molar-refractivity contribution in [1.29, 1.82) is 0 Å². The number of hydrogen-bond acceptors (Lipinski definition) is 5. The molecule has 0 aromatic carbocycles. The van der Waals surface area contributed by atoms with Crippen molar-refractivity contribution in [3.63, 3.8) is 0 Å². The minimum atomic E-state index is -0.156. The number of hydrogen-bond donors (Lipinski definition) is 1. The topological polar surface area (TPSA) is 64.1 Å². The third-order valence-corrected chi connectivity index (χ3v) is 2.52. The Morgan fingerprint density at radius 3 is 3.00 bits per heavy atom. The Kier molecular flexibility index (Phi) is 6.32. The Morgan fingerprint density at radius 2 is 2.29 bits per heavy atom. The van der Waals surface area contributed by atoms with Gasteiger partial charge in [0.25, 0.3) is 0 Å². The Hall–Kier alpha value is -1.36. The summed E-state index contributed by atoms with van der Waals surface area (Å²) < 4.78 is 4.55. The van der Waals surface area contributed by atoms with E-state index in [-0.39, 0.29) is 5.97 Å². The molecule has 0 radical (unpaired) electrons. The van der Waals surface area contributed by atoms with Crippen LogP contribution in [0.25, 0.3) is 0 Å². The van der Waals surface area contributed by atoms with Crippen molar-refractivity contribution in [1.82, 2.24) is 9.97 Å². The van der Waals surface area contributed by atoms with Crippen LogP contribution in [0.15, 0.2) is 12.5 Å². The molecular weight excluding hydrogens is 242 g/mol. The average molecular weight is 258 g/mol. The van der Waals surface area contributed by atoms with Crippen LogP contribution in [0.1, 0.15) is 25.7 Å². The lowest BCUT2D eigenvalue weighted by molar-refractivity contribution is -0.140. The van der Waals surface area contributed by atoms with Gasteiger partial charge in [-0.15, -0.1) is 0 Å². The van der Waals surface area contributed by atoms with Gasteiger partial charge in [0.1, 0.15) is 17.2 Å². The van der Waals surface area contributed by atoms with Crippen molar-refractivity contribution in [3.8, 4) is 0 Å². The number of unbranched alkanes of at least 4 members (excludes halogenated alkanes) is 2. The number of methoxy groups -OCH3 is 1. The molecule has 1 aromatic rings. The molecule has 0 atom stereocenters. The highest BCUT2D eigenvalue weighted by atomic mass is 35.5. The van der Waals surface area contributed by atoms with E-state index in [2.05, 4.69) is 20.0 Å². The van der Waals surface area contributed by atoms with Gasteiger partial charge in [-0.3, -0.25) is 4.79 Å². The molecule has 6 heteroatoms. The number of aromatic nitrogens is 2. The molecule has 1 N–H and O–H groups in total. The molecule has 0 saturated heterocycles. The zero-order valence-electron chi connectivity index (χ0n) is 9.78. The highest BCUT2D eigenvalue weighted by molar-refractivity contribution is 6.32. The predicted octanol–water partition coefficient (Wildman–Crippen LogP) is 2.28. The number of anilines is 1. The smallest absolute Gasteiger partial charge is 0.305 e. The largest absolute Gasteiger partial charge is 0.469 e. The van der Waals surface area contributed by atoms with E-state index in [9.17, 15) is 4.79 Å². The summed E-state index contributed by atoms with van der Waals surface area (Å²) >= 11 is 5.88. The van der Waals surface area contributed by atoms with Gasteiger partial charge in [0, 0.05) is 13.0 Å². The first-order valence-electron chi connectivity index (χ1n) is 5.50. The second-order valence-electron chi connectivity index (χ2n) is 3.53. The minimum Gasteiger partial charge on any atom is -0.469 e. The van der Waals surface area contributed by atoms with Crippen molar-refractivity contribution in [2.75, 3.05) is 19.0 Å². The van der Waals surface area contributed by atoms with Crippen LogP contribution < -0.4 is 5.32 Å². The second kappa shape index (κ2) is 7.84. The van der Waals surface area contributed by atoms with Crippen LogP contribution in [0.5, 0.6) is 0 Å². The summed E-state index contributed by atoms with van der Waals surface area (Å²) in [6.07, 6.45) is 6.23. The molecule has 0 fully saturated rings. The fourth-order valence-corrected chi connectivity index (χ4v) is 1.49. The highest BCUT2D eigenvalue weighted by Gasteiger charge is 2.01. The molecule has 0 spiro atoms.